The van der Waals surface area contributed by atoms with Crippen molar-refractivity contribution in [1.82, 2.24) is 15.1 Å². The van der Waals surface area contributed by atoms with Crippen LogP contribution >= 0.6 is 0 Å². The van der Waals surface area contributed by atoms with Gasteiger partial charge < -0.3 is 15.4 Å². The molecule has 2 fully saturated rings. The van der Waals surface area contributed by atoms with E-state index in [0.717, 1.165) is 32.4 Å². The Labute approximate surface area is 131 Å². The zero-order chi connectivity index (χ0) is 15.4. The second-order valence-corrected chi connectivity index (χ2v) is 6.58. The van der Waals surface area contributed by atoms with Crippen LogP contribution in [-0.4, -0.2) is 41.5 Å². The van der Waals surface area contributed by atoms with Gasteiger partial charge in [0.15, 0.2) is 5.82 Å². The molecule has 1 amide bonds. The van der Waals surface area contributed by atoms with E-state index in [9.17, 15) is 4.79 Å². The van der Waals surface area contributed by atoms with Gasteiger partial charge in [-0.25, -0.2) is 0 Å². The zero-order valence-corrected chi connectivity index (χ0v) is 13.3. The molecule has 1 aliphatic carbocycles. The van der Waals surface area contributed by atoms with Gasteiger partial charge in [-0.3, -0.25) is 9.48 Å². The van der Waals surface area contributed by atoms with Crippen LogP contribution in [0.4, 0.5) is 5.82 Å². The van der Waals surface area contributed by atoms with E-state index in [1.54, 1.807) is 0 Å². The third-order valence-corrected chi connectivity index (χ3v) is 4.62. The van der Waals surface area contributed by atoms with Gasteiger partial charge in [0, 0.05) is 18.8 Å². The second-order valence-electron chi connectivity index (χ2n) is 6.58. The van der Waals surface area contributed by atoms with Gasteiger partial charge in [0.1, 0.15) is 6.61 Å². The molecular formula is C16H26N4O2. The molecule has 0 radical (unpaired) electrons. The molecule has 0 unspecified atom stereocenters. The first-order valence-electron chi connectivity index (χ1n) is 8.38. The Balaban J connectivity index is 1.43. The number of nitrogens with zero attached hydrogens (tertiary/aromatic N) is 2. The van der Waals surface area contributed by atoms with Gasteiger partial charge in [-0.2, -0.15) is 5.10 Å². The Bertz CT molecular complexity index is 496. The highest BCUT2D eigenvalue weighted by molar-refractivity contribution is 5.90. The predicted molar refractivity (Wildman–Crippen MR) is 84.8 cm³/mol. The van der Waals surface area contributed by atoms with Crippen LogP contribution in [0.25, 0.3) is 0 Å². The van der Waals surface area contributed by atoms with E-state index < -0.39 is 0 Å². The number of amides is 1. The van der Waals surface area contributed by atoms with Crippen molar-refractivity contribution in [2.24, 2.45) is 5.92 Å². The molecule has 3 rings (SSSR count). The molecule has 22 heavy (non-hydrogen) atoms. The van der Waals surface area contributed by atoms with E-state index in [1.165, 1.54) is 12.8 Å². The van der Waals surface area contributed by atoms with Crippen LogP contribution < -0.4 is 10.6 Å². The number of rotatable bonds is 5. The summed E-state index contributed by atoms with van der Waals surface area (Å²) in [5, 5.41) is 10.6. The van der Waals surface area contributed by atoms with Crippen molar-refractivity contribution in [3.63, 3.8) is 0 Å². The van der Waals surface area contributed by atoms with Crippen LogP contribution in [0.5, 0.6) is 0 Å². The molecule has 1 saturated carbocycles. The second kappa shape index (κ2) is 7.24. The lowest BCUT2D eigenvalue weighted by molar-refractivity contribution is -0.123. The van der Waals surface area contributed by atoms with E-state index in [-0.39, 0.29) is 18.6 Å². The summed E-state index contributed by atoms with van der Waals surface area (Å²) in [7, 11) is 0. The Morgan fingerprint density at radius 2 is 2.41 bits per heavy atom. The fourth-order valence-electron chi connectivity index (χ4n) is 3.38. The Morgan fingerprint density at radius 3 is 3.18 bits per heavy atom. The first-order chi connectivity index (χ1) is 10.7. The maximum Gasteiger partial charge on any atom is 0.251 e. The molecule has 2 heterocycles. The largest absolute Gasteiger partial charge is 0.368 e. The quantitative estimate of drug-likeness (QED) is 0.872. The minimum Gasteiger partial charge on any atom is -0.368 e. The number of carbonyl (C=O) groups is 1. The van der Waals surface area contributed by atoms with Crippen molar-refractivity contribution in [3.05, 3.63) is 12.3 Å². The zero-order valence-electron chi connectivity index (χ0n) is 13.3. The molecule has 1 saturated heterocycles. The number of hydrogen-bond acceptors (Lipinski definition) is 4. The number of nitrogens with one attached hydrogen (secondary N) is 2. The molecule has 0 aromatic carbocycles. The highest BCUT2D eigenvalue weighted by Gasteiger charge is 2.21. The Hall–Kier alpha value is -1.40. The van der Waals surface area contributed by atoms with Gasteiger partial charge in [0.2, 0.25) is 0 Å². The average Bonchev–Trinajstić information content (AvgIpc) is 3.16. The molecular weight excluding hydrogens is 280 g/mol. The summed E-state index contributed by atoms with van der Waals surface area (Å²) in [5.74, 6) is 1.20. The lowest BCUT2D eigenvalue weighted by Crippen LogP contribution is -2.27. The van der Waals surface area contributed by atoms with Gasteiger partial charge in [0.25, 0.3) is 5.91 Å². The van der Waals surface area contributed by atoms with Crippen molar-refractivity contribution in [2.75, 3.05) is 25.0 Å². The van der Waals surface area contributed by atoms with Crippen molar-refractivity contribution in [3.8, 4) is 0 Å². The molecule has 2 aliphatic rings. The number of carbonyl (C=O) groups excluding carboxylic acids is 1. The van der Waals surface area contributed by atoms with Crippen molar-refractivity contribution < 1.29 is 9.53 Å². The Kier molecular flexibility index (Phi) is 5.10. The molecule has 6 nitrogen and oxygen atoms in total. The average molecular weight is 306 g/mol. The third-order valence-electron chi connectivity index (χ3n) is 4.62. The van der Waals surface area contributed by atoms with E-state index in [4.69, 9.17) is 4.74 Å². The molecule has 0 spiro atoms. The van der Waals surface area contributed by atoms with Crippen LogP contribution in [0.1, 0.15) is 45.1 Å². The van der Waals surface area contributed by atoms with Gasteiger partial charge in [0.05, 0.1) is 12.1 Å². The van der Waals surface area contributed by atoms with E-state index in [0.29, 0.717) is 17.8 Å². The topological polar surface area (TPSA) is 68.2 Å². The van der Waals surface area contributed by atoms with Gasteiger partial charge in [-0.15, -0.1) is 0 Å². The summed E-state index contributed by atoms with van der Waals surface area (Å²) in [4.78, 5) is 12.0. The minimum atomic E-state index is -0.118. The summed E-state index contributed by atoms with van der Waals surface area (Å²) >= 11 is 0. The summed E-state index contributed by atoms with van der Waals surface area (Å²) in [6.07, 6.45) is 7.86. The highest BCUT2D eigenvalue weighted by atomic mass is 16.5. The van der Waals surface area contributed by atoms with Crippen LogP contribution in [0, 0.1) is 5.92 Å². The van der Waals surface area contributed by atoms with Crippen LogP contribution in [0.15, 0.2) is 12.3 Å². The van der Waals surface area contributed by atoms with Crippen molar-refractivity contribution >= 4 is 11.7 Å². The van der Waals surface area contributed by atoms with Crippen LogP contribution in [0.3, 0.4) is 0 Å². The maximum absolute atomic E-state index is 12.0. The normalized spacial score (nSPS) is 28.7. The van der Waals surface area contributed by atoms with Gasteiger partial charge >= 0.3 is 0 Å². The van der Waals surface area contributed by atoms with E-state index in [2.05, 4.69) is 22.7 Å². The Morgan fingerprint density at radius 1 is 1.50 bits per heavy atom. The van der Waals surface area contributed by atoms with Crippen LogP contribution in [0.2, 0.25) is 0 Å². The maximum atomic E-state index is 12.0. The number of ether oxygens (including phenoxy) is 1. The van der Waals surface area contributed by atoms with Crippen molar-refractivity contribution in [1.29, 1.82) is 0 Å². The standard InChI is InChI=1S/C16H26N4O2/c1-12-3-2-4-14(9-12)22-11-16(21)18-15-6-8-20(19-15)13-5-7-17-10-13/h6,8,12-14,17H,2-5,7,9-11H2,1H3,(H,18,19,21)/t12-,13+,14-/m1/s1. The highest BCUT2D eigenvalue weighted by Crippen LogP contribution is 2.25. The molecule has 1 aliphatic heterocycles. The fraction of sp³-hybridized carbons (Fsp3) is 0.750. The number of anilines is 1. The minimum absolute atomic E-state index is 0.118. The first-order valence-corrected chi connectivity index (χ1v) is 8.38. The molecule has 2 N–H and O–H groups in total. The lowest BCUT2D eigenvalue weighted by atomic mass is 9.89. The third kappa shape index (κ3) is 4.08. The SMILES string of the molecule is C[C@@H]1CCC[C@@H](OCC(=O)Nc2ccn([C@H]3CCNC3)n2)C1. The molecule has 6 heteroatoms. The fourth-order valence-corrected chi connectivity index (χ4v) is 3.38. The predicted octanol–water partition coefficient (Wildman–Crippen LogP) is 1.95. The molecule has 122 valence electrons. The van der Waals surface area contributed by atoms with E-state index >= 15 is 0 Å². The summed E-state index contributed by atoms with van der Waals surface area (Å²) < 4.78 is 7.67. The van der Waals surface area contributed by atoms with Gasteiger partial charge in [-0.1, -0.05) is 19.8 Å². The van der Waals surface area contributed by atoms with Crippen molar-refractivity contribution in [2.45, 2.75) is 51.2 Å². The number of aromatic nitrogens is 2. The van der Waals surface area contributed by atoms with Gasteiger partial charge in [-0.05, 0) is 31.7 Å². The molecule has 0 bridgehead atoms. The summed E-state index contributed by atoms with van der Waals surface area (Å²) in [6, 6.07) is 2.24. The summed E-state index contributed by atoms with van der Waals surface area (Å²) in [5.41, 5.74) is 0. The van der Waals surface area contributed by atoms with E-state index in [1.807, 2.05) is 16.9 Å². The molecule has 3 atom stereocenters. The number of hydrogen-bond donors (Lipinski definition) is 2. The monoisotopic (exact) mass is 306 g/mol. The smallest absolute Gasteiger partial charge is 0.251 e. The summed E-state index contributed by atoms with van der Waals surface area (Å²) in [6.45, 7) is 4.34. The van der Waals surface area contributed by atoms with Crippen LogP contribution in [-0.2, 0) is 9.53 Å². The molecule has 1 aromatic rings. The first kappa shape index (κ1) is 15.5. The molecule has 1 aromatic heterocycles. The lowest BCUT2D eigenvalue weighted by Gasteiger charge is -2.26.